The number of carbonyl (C=O) groups is 1. The molecule has 0 unspecified atom stereocenters. The molecule has 0 fully saturated rings. The highest BCUT2D eigenvalue weighted by Crippen LogP contribution is 2.35. The lowest BCUT2D eigenvalue weighted by Crippen LogP contribution is -2.14. The normalized spacial score (nSPS) is 11.2. The Morgan fingerprint density at radius 1 is 1.00 bits per heavy atom. The molecule has 0 bridgehead atoms. The standard InChI is InChI=1S/C14H12F3N3O/c15-14(16,17)11-7-10(5-6-12(11)19)20-13(21)8-1-3-9(18)4-2-8/h1-7H,18-19H2,(H,20,21). The van der Waals surface area contributed by atoms with Gasteiger partial charge in [-0.1, -0.05) is 0 Å². The van der Waals surface area contributed by atoms with E-state index in [1.54, 1.807) is 0 Å². The van der Waals surface area contributed by atoms with Crippen LogP contribution in [-0.2, 0) is 6.18 Å². The van der Waals surface area contributed by atoms with Crippen LogP contribution in [0.3, 0.4) is 0 Å². The van der Waals surface area contributed by atoms with E-state index < -0.39 is 23.3 Å². The van der Waals surface area contributed by atoms with E-state index in [4.69, 9.17) is 11.5 Å². The fraction of sp³-hybridized carbons (Fsp3) is 0.0714. The van der Waals surface area contributed by atoms with Gasteiger partial charge < -0.3 is 16.8 Å². The van der Waals surface area contributed by atoms with Gasteiger partial charge in [-0.25, -0.2) is 0 Å². The first kappa shape index (κ1) is 14.7. The molecule has 5 N–H and O–H groups in total. The highest BCUT2D eigenvalue weighted by Gasteiger charge is 2.33. The summed E-state index contributed by atoms with van der Waals surface area (Å²) >= 11 is 0. The molecule has 110 valence electrons. The minimum Gasteiger partial charge on any atom is -0.399 e. The summed E-state index contributed by atoms with van der Waals surface area (Å²) in [6.07, 6.45) is -4.58. The van der Waals surface area contributed by atoms with Crippen LogP contribution in [0.4, 0.5) is 30.2 Å². The van der Waals surface area contributed by atoms with Crippen LogP contribution in [0.15, 0.2) is 42.5 Å². The third kappa shape index (κ3) is 3.44. The first-order valence-electron chi connectivity index (χ1n) is 5.91. The molecule has 7 heteroatoms. The zero-order valence-electron chi connectivity index (χ0n) is 10.7. The van der Waals surface area contributed by atoms with Crippen LogP contribution in [0, 0.1) is 0 Å². The second-order valence-electron chi connectivity index (χ2n) is 4.38. The van der Waals surface area contributed by atoms with Crippen LogP contribution in [0.25, 0.3) is 0 Å². The number of anilines is 3. The summed E-state index contributed by atoms with van der Waals surface area (Å²) in [6, 6.07) is 9.21. The molecule has 0 aromatic heterocycles. The van der Waals surface area contributed by atoms with Crippen LogP contribution in [0.2, 0.25) is 0 Å². The number of hydrogen-bond acceptors (Lipinski definition) is 3. The first-order valence-corrected chi connectivity index (χ1v) is 5.91. The number of rotatable bonds is 2. The van der Waals surface area contributed by atoms with Crippen molar-refractivity contribution in [3.05, 3.63) is 53.6 Å². The van der Waals surface area contributed by atoms with E-state index in [-0.39, 0.29) is 11.3 Å². The van der Waals surface area contributed by atoms with Crippen molar-refractivity contribution in [3.63, 3.8) is 0 Å². The van der Waals surface area contributed by atoms with Crippen molar-refractivity contribution in [2.75, 3.05) is 16.8 Å². The third-order valence-electron chi connectivity index (χ3n) is 2.79. The summed E-state index contributed by atoms with van der Waals surface area (Å²) in [6.45, 7) is 0. The van der Waals surface area contributed by atoms with E-state index in [0.29, 0.717) is 5.69 Å². The number of halogens is 3. The van der Waals surface area contributed by atoms with Gasteiger partial charge in [-0.15, -0.1) is 0 Å². The van der Waals surface area contributed by atoms with E-state index in [0.717, 1.165) is 12.1 Å². The highest BCUT2D eigenvalue weighted by atomic mass is 19.4. The lowest BCUT2D eigenvalue weighted by molar-refractivity contribution is -0.136. The van der Waals surface area contributed by atoms with E-state index in [9.17, 15) is 18.0 Å². The summed E-state index contributed by atoms with van der Waals surface area (Å²) in [5.41, 5.74) is 10.2. The maximum absolute atomic E-state index is 12.7. The Morgan fingerprint density at radius 3 is 2.19 bits per heavy atom. The molecule has 0 saturated carbocycles. The van der Waals surface area contributed by atoms with Crippen molar-refractivity contribution in [1.29, 1.82) is 0 Å². The Hall–Kier alpha value is -2.70. The molecule has 0 aliphatic heterocycles. The van der Waals surface area contributed by atoms with Gasteiger partial charge in [0.15, 0.2) is 0 Å². The topological polar surface area (TPSA) is 81.1 Å². The summed E-state index contributed by atoms with van der Waals surface area (Å²) in [5, 5.41) is 2.38. The fourth-order valence-electron chi connectivity index (χ4n) is 1.72. The van der Waals surface area contributed by atoms with Crippen LogP contribution in [0.1, 0.15) is 15.9 Å². The van der Waals surface area contributed by atoms with Gasteiger partial charge in [0, 0.05) is 22.6 Å². The van der Waals surface area contributed by atoms with E-state index in [2.05, 4.69) is 5.32 Å². The van der Waals surface area contributed by atoms with E-state index in [1.165, 1.54) is 30.3 Å². The largest absolute Gasteiger partial charge is 0.418 e. The molecule has 0 spiro atoms. The molecule has 0 atom stereocenters. The van der Waals surface area contributed by atoms with Crippen molar-refractivity contribution in [2.45, 2.75) is 6.18 Å². The third-order valence-corrected chi connectivity index (χ3v) is 2.79. The number of nitrogens with one attached hydrogen (secondary N) is 1. The Balaban J connectivity index is 2.24. The number of nitrogens with two attached hydrogens (primary N) is 2. The van der Waals surface area contributed by atoms with Crippen molar-refractivity contribution < 1.29 is 18.0 Å². The molecule has 0 aliphatic rings. The molecule has 0 saturated heterocycles. The zero-order valence-corrected chi connectivity index (χ0v) is 10.7. The molecule has 0 radical (unpaired) electrons. The van der Waals surface area contributed by atoms with Gasteiger partial charge in [-0.3, -0.25) is 4.79 Å². The molecular formula is C14H12F3N3O. The minimum atomic E-state index is -4.58. The molecule has 2 rings (SSSR count). The highest BCUT2D eigenvalue weighted by molar-refractivity contribution is 6.04. The molecule has 0 heterocycles. The molecule has 4 nitrogen and oxygen atoms in total. The second-order valence-corrected chi connectivity index (χ2v) is 4.38. The van der Waals surface area contributed by atoms with E-state index in [1.807, 2.05) is 0 Å². The lowest BCUT2D eigenvalue weighted by atomic mass is 10.1. The molecule has 21 heavy (non-hydrogen) atoms. The smallest absolute Gasteiger partial charge is 0.399 e. The average molecular weight is 295 g/mol. The average Bonchev–Trinajstić information content (AvgIpc) is 2.40. The number of benzene rings is 2. The Morgan fingerprint density at radius 2 is 1.62 bits per heavy atom. The van der Waals surface area contributed by atoms with Gasteiger partial charge in [0.05, 0.1) is 5.56 Å². The maximum Gasteiger partial charge on any atom is 0.418 e. The van der Waals surface area contributed by atoms with Gasteiger partial charge in [-0.05, 0) is 42.5 Å². The Labute approximate surface area is 118 Å². The predicted octanol–water partition coefficient (Wildman–Crippen LogP) is 3.12. The second kappa shape index (κ2) is 5.35. The van der Waals surface area contributed by atoms with Crippen molar-refractivity contribution in [2.24, 2.45) is 0 Å². The SMILES string of the molecule is Nc1ccc(C(=O)Nc2ccc(N)c(C(F)(F)F)c2)cc1. The van der Waals surface area contributed by atoms with Crippen molar-refractivity contribution in [1.82, 2.24) is 0 Å². The molecule has 2 aromatic carbocycles. The van der Waals surface area contributed by atoms with Crippen LogP contribution < -0.4 is 16.8 Å². The van der Waals surface area contributed by atoms with Gasteiger partial charge in [-0.2, -0.15) is 13.2 Å². The molecule has 0 aliphatic carbocycles. The predicted molar refractivity (Wildman–Crippen MR) is 74.7 cm³/mol. The van der Waals surface area contributed by atoms with Gasteiger partial charge in [0.1, 0.15) is 0 Å². The first-order chi connectivity index (χ1) is 9.77. The zero-order chi connectivity index (χ0) is 15.6. The lowest BCUT2D eigenvalue weighted by Gasteiger charge is -2.12. The van der Waals surface area contributed by atoms with Gasteiger partial charge >= 0.3 is 6.18 Å². The van der Waals surface area contributed by atoms with Crippen LogP contribution in [0.5, 0.6) is 0 Å². The quantitative estimate of drug-likeness (QED) is 0.744. The van der Waals surface area contributed by atoms with Crippen molar-refractivity contribution in [3.8, 4) is 0 Å². The molecule has 1 amide bonds. The Bertz CT molecular complexity index is 666. The number of nitrogen functional groups attached to an aromatic ring is 2. The maximum atomic E-state index is 12.7. The summed E-state index contributed by atoms with van der Waals surface area (Å²) in [7, 11) is 0. The summed E-state index contributed by atoms with van der Waals surface area (Å²) < 4.78 is 38.2. The van der Waals surface area contributed by atoms with E-state index >= 15 is 0 Å². The number of carbonyl (C=O) groups excluding carboxylic acids is 1. The summed E-state index contributed by atoms with van der Waals surface area (Å²) in [4.78, 5) is 11.9. The Kier molecular flexibility index (Phi) is 3.75. The monoisotopic (exact) mass is 295 g/mol. The molecule has 2 aromatic rings. The number of hydrogen-bond donors (Lipinski definition) is 3. The van der Waals surface area contributed by atoms with Gasteiger partial charge in [0.2, 0.25) is 0 Å². The number of amides is 1. The summed E-state index contributed by atoms with van der Waals surface area (Å²) in [5.74, 6) is -0.534. The minimum absolute atomic E-state index is 0.0124. The molecular weight excluding hydrogens is 283 g/mol. The number of alkyl halides is 3. The van der Waals surface area contributed by atoms with Crippen LogP contribution >= 0.6 is 0 Å². The van der Waals surface area contributed by atoms with Crippen molar-refractivity contribution >= 4 is 23.0 Å². The van der Waals surface area contributed by atoms with Crippen LogP contribution in [-0.4, -0.2) is 5.91 Å². The van der Waals surface area contributed by atoms with Gasteiger partial charge in [0.25, 0.3) is 5.91 Å². The fourth-order valence-corrected chi connectivity index (χ4v) is 1.72.